The number of carbonyl (C=O) groups is 1. The van der Waals surface area contributed by atoms with Crippen molar-refractivity contribution in [3.05, 3.63) is 46.7 Å². The molecule has 1 saturated heterocycles. The normalized spacial score (nSPS) is 15.0. The number of benzene rings is 1. The third-order valence-electron chi connectivity index (χ3n) is 4.32. The highest BCUT2D eigenvalue weighted by molar-refractivity contribution is 7.13. The molecule has 0 radical (unpaired) electrons. The molecule has 1 fully saturated rings. The number of carbonyl (C=O) groups excluding carboxylic acids is 1. The van der Waals surface area contributed by atoms with Gasteiger partial charge < -0.3 is 4.74 Å². The zero-order valence-corrected chi connectivity index (χ0v) is 15.6. The fourth-order valence-electron chi connectivity index (χ4n) is 2.92. The van der Waals surface area contributed by atoms with Crippen molar-refractivity contribution in [1.29, 1.82) is 0 Å². The maximum absolute atomic E-state index is 12.5. The van der Waals surface area contributed by atoms with Crippen LogP contribution in [0, 0.1) is 6.92 Å². The molecule has 1 aromatic carbocycles. The van der Waals surface area contributed by atoms with E-state index >= 15 is 0 Å². The van der Waals surface area contributed by atoms with Crippen molar-refractivity contribution in [3.8, 4) is 5.69 Å². The van der Waals surface area contributed by atoms with E-state index in [9.17, 15) is 4.79 Å². The molecule has 0 aliphatic carbocycles. The van der Waals surface area contributed by atoms with Gasteiger partial charge in [0, 0.05) is 30.6 Å². The number of anilines is 1. The van der Waals surface area contributed by atoms with Gasteiger partial charge in [-0.15, -0.1) is 16.4 Å². The minimum Gasteiger partial charge on any atom is -0.379 e. The molecule has 1 aliphatic heterocycles. The van der Waals surface area contributed by atoms with Crippen LogP contribution >= 0.6 is 11.3 Å². The van der Waals surface area contributed by atoms with Crippen molar-refractivity contribution in [1.82, 2.24) is 30.1 Å². The number of aryl methyl sites for hydroxylation is 1. The highest BCUT2D eigenvalue weighted by Crippen LogP contribution is 2.20. The van der Waals surface area contributed by atoms with Gasteiger partial charge in [-0.25, -0.2) is 9.67 Å². The highest BCUT2D eigenvalue weighted by Gasteiger charge is 2.15. The Morgan fingerprint density at radius 2 is 2.19 bits per heavy atom. The van der Waals surface area contributed by atoms with Gasteiger partial charge in [0.15, 0.2) is 5.13 Å². The Kier molecular flexibility index (Phi) is 5.19. The molecule has 3 aromatic rings. The lowest BCUT2D eigenvalue weighted by Crippen LogP contribution is -2.35. The standard InChI is InChI=1S/C17H19N7O2S/c1-12-8-13(2-3-15(12)24-11-18-21-22-24)16(25)20-17-19-14(10-27-17)9-23-4-6-26-7-5-23/h2-3,8,10-11H,4-7,9H2,1H3,(H,19,20,25). The fraction of sp³-hybridized carbons (Fsp3) is 0.353. The maximum Gasteiger partial charge on any atom is 0.257 e. The van der Waals surface area contributed by atoms with Crippen LogP contribution in [0.2, 0.25) is 0 Å². The summed E-state index contributed by atoms with van der Waals surface area (Å²) < 4.78 is 6.92. The first-order valence-corrected chi connectivity index (χ1v) is 9.47. The van der Waals surface area contributed by atoms with Gasteiger partial charge in [-0.1, -0.05) is 0 Å². The Hall–Kier alpha value is -2.69. The van der Waals surface area contributed by atoms with Crippen LogP contribution in [-0.2, 0) is 11.3 Å². The van der Waals surface area contributed by atoms with Gasteiger partial charge in [0.25, 0.3) is 5.91 Å². The minimum absolute atomic E-state index is 0.186. The molecule has 1 amide bonds. The topological polar surface area (TPSA) is 98.1 Å². The lowest BCUT2D eigenvalue weighted by Gasteiger charge is -2.25. The van der Waals surface area contributed by atoms with Crippen LogP contribution in [0.4, 0.5) is 5.13 Å². The van der Waals surface area contributed by atoms with E-state index in [1.165, 1.54) is 17.7 Å². The molecule has 1 N–H and O–H groups in total. The molecule has 10 heteroatoms. The third-order valence-corrected chi connectivity index (χ3v) is 5.12. The van der Waals surface area contributed by atoms with Crippen molar-refractivity contribution < 1.29 is 9.53 Å². The average molecular weight is 385 g/mol. The summed E-state index contributed by atoms with van der Waals surface area (Å²) in [5.41, 5.74) is 3.26. The Labute approximate surface area is 160 Å². The van der Waals surface area contributed by atoms with Crippen LogP contribution in [0.25, 0.3) is 5.69 Å². The largest absolute Gasteiger partial charge is 0.379 e. The van der Waals surface area contributed by atoms with E-state index in [1.54, 1.807) is 10.7 Å². The van der Waals surface area contributed by atoms with Crippen LogP contribution in [0.1, 0.15) is 21.6 Å². The van der Waals surface area contributed by atoms with Crippen LogP contribution in [0.15, 0.2) is 29.9 Å². The molecular weight excluding hydrogens is 366 g/mol. The summed E-state index contributed by atoms with van der Waals surface area (Å²) in [5.74, 6) is -0.186. The number of amides is 1. The van der Waals surface area contributed by atoms with Gasteiger partial charge >= 0.3 is 0 Å². The summed E-state index contributed by atoms with van der Waals surface area (Å²) >= 11 is 1.43. The number of thiazole rings is 1. The van der Waals surface area contributed by atoms with E-state index in [0.717, 1.165) is 49.8 Å². The number of nitrogens with one attached hydrogen (secondary N) is 1. The van der Waals surface area contributed by atoms with Gasteiger partial charge in [-0.3, -0.25) is 15.0 Å². The molecule has 0 bridgehead atoms. The number of rotatable bonds is 5. The second-order valence-electron chi connectivity index (χ2n) is 6.24. The van der Waals surface area contributed by atoms with Crippen molar-refractivity contribution in [2.24, 2.45) is 0 Å². The highest BCUT2D eigenvalue weighted by atomic mass is 32.1. The Morgan fingerprint density at radius 1 is 1.33 bits per heavy atom. The molecule has 4 rings (SSSR count). The van der Waals surface area contributed by atoms with Crippen molar-refractivity contribution in [2.45, 2.75) is 13.5 Å². The second-order valence-corrected chi connectivity index (χ2v) is 7.10. The van der Waals surface area contributed by atoms with E-state index in [1.807, 2.05) is 24.4 Å². The third kappa shape index (κ3) is 4.18. The quantitative estimate of drug-likeness (QED) is 0.711. The summed E-state index contributed by atoms with van der Waals surface area (Å²) in [4.78, 5) is 19.4. The average Bonchev–Trinajstić information content (AvgIpc) is 3.35. The molecule has 9 nitrogen and oxygen atoms in total. The minimum atomic E-state index is -0.186. The van der Waals surface area contributed by atoms with Gasteiger partial charge in [0.2, 0.25) is 0 Å². The predicted octanol–water partition coefficient (Wildman–Crippen LogP) is 1.51. The number of tetrazole rings is 1. The maximum atomic E-state index is 12.5. The zero-order chi connectivity index (χ0) is 18.6. The predicted molar refractivity (Wildman–Crippen MR) is 100 cm³/mol. The Bertz CT molecular complexity index is 919. The number of hydrogen-bond acceptors (Lipinski definition) is 8. The van der Waals surface area contributed by atoms with Crippen LogP contribution in [0.5, 0.6) is 0 Å². The van der Waals surface area contributed by atoms with Gasteiger partial charge in [0.1, 0.15) is 6.33 Å². The lowest BCUT2D eigenvalue weighted by atomic mass is 10.1. The van der Waals surface area contributed by atoms with E-state index in [0.29, 0.717) is 10.7 Å². The van der Waals surface area contributed by atoms with Crippen molar-refractivity contribution in [3.63, 3.8) is 0 Å². The molecule has 0 unspecified atom stereocenters. The molecule has 2 aromatic heterocycles. The van der Waals surface area contributed by atoms with Crippen molar-refractivity contribution >= 4 is 22.4 Å². The summed E-state index contributed by atoms with van der Waals surface area (Å²) in [7, 11) is 0. The first-order valence-electron chi connectivity index (χ1n) is 8.59. The molecule has 0 atom stereocenters. The Morgan fingerprint density at radius 3 is 2.93 bits per heavy atom. The zero-order valence-electron chi connectivity index (χ0n) is 14.8. The number of nitrogens with zero attached hydrogens (tertiary/aromatic N) is 6. The molecule has 0 spiro atoms. The molecule has 1 aliphatic rings. The monoisotopic (exact) mass is 385 g/mol. The van der Waals surface area contributed by atoms with Crippen LogP contribution < -0.4 is 5.32 Å². The number of hydrogen-bond donors (Lipinski definition) is 1. The molecule has 3 heterocycles. The smallest absolute Gasteiger partial charge is 0.257 e. The van der Waals surface area contributed by atoms with Gasteiger partial charge in [-0.05, 0) is 41.1 Å². The second kappa shape index (κ2) is 7.91. The van der Waals surface area contributed by atoms with Crippen molar-refractivity contribution in [2.75, 3.05) is 31.6 Å². The summed E-state index contributed by atoms with van der Waals surface area (Å²) in [6, 6.07) is 5.39. The summed E-state index contributed by atoms with van der Waals surface area (Å²) in [6.07, 6.45) is 1.52. The lowest BCUT2D eigenvalue weighted by molar-refractivity contribution is 0.0337. The van der Waals surface area contributed by atoms with E-state index in [4.69, 9.17) is 4.74 Å². The molecule has 140 valence electrons. The summed E-state index contributed by atoms with van der Waals surface area (Å²) in [5, 5.41) is 16.6. The van der Waals surface area contributed by atoms with E-state index in [-0.39, 0.29) is 5.91 Å². The molecule has 0 saturated carbocycles. The SMILES string of the molecule is Cc1cc(C(=O)Nc2nc(CN3CCOCC3)cs2)ccc1-n1cnnn1. The van der Waals surface area contributed by atoms with Gasteiger partial charge in [-0.2, -0.15) is 0 Å². The first-order chi connectivity index (χ1) is 13.2. The van der Waals surface area contributed by atoms with E-state index < -0.39 is 0 Å². The molecular formula is C17H19N7O2S. The fourth-order valence-corrected chi connectivity index (χ4v) is 3.62. The Balaban J connectivity index is 1.41. The number of morpholine rings is 1. The first kappa shape index (κ1) is 17.7. The van der Waals surface area contributed by atoms with E-state index in [2.05, 4.69) is 30.7 Å². The summed E-state index contributed by atoms with van der Waals surface area (Å²) in [6.45, 7) is 6.02. The molecule has 27 heavy (non-hydrogen) atoms. The van der Waals surface area contributed by atoms with Crippen LogP contribution in [0.3, 0.4) is 0 Å². The number of aromatic nitrogens is 5. The van der Waals surface area contributed by atoms with Gasteiger partial charge in [0.05, 0.1) is 24.6 Å². The van der Waals surface area contributed by atoms with Crippen LogP contribution in [-0.4, -0.2) is 62.3 Å². The number of ether oxygens (including phenoxy) is 1.